The van der Waals surface area contributed by atoms with E-state index in [0.717, 1.165) is 120 Å². The predicted octanol–water partition coefficient (Wildman–Crippen LogP) is 8.86. The topological polar surface area (TPSA) is 205 Å². The summed E-state index contributed by atoms with van der Waals surface area (Å²) in [7, 11) is 0. The van der Waals surface area contributed by atoms with Crippen LogP contribution >= 0.6 is 0 Å². The van der Waals surface area contributed by atoms with Crippen molar-refractivity contribution < 1.29 is 67.4 Å². The standard InChI is InChI=1S/C28H39NO7.C24H37NO4.C4H2O3/c1-2-3-4-5-6-9-23(30)18-22(20-29-14-7-8-15-29)28(36-27(33)13-12-26(31)32)21-10-11-24-25(19-21)35-17-16-34-24;1-2-3-4-5-6-9-21(26)16-20(18-25-12-7-8-13-25)24(27)19-10-11-22-23(17-19)29-15-14-28-22;5-3-1-2-4(6)7-3/h10-13,19,22,28H,2-9,14-18,20H2,1H3,(H,31,32);10-11,17,20,24,27H,2-9,12-16,18H2,1H3;1-2H/b13-12+;;/t22-,28-;20-,24-;/m11./s1. The molecule has 396 valence electrons. The highest BCUT2D eigenvalue weighted by molar-refractivity contribution is 6.05. The van der Waals surface area contributed by atoms with E-state index < -0.39 is 36.1 Å². The third kappa shape index (κ3) is 20.5. The molecule has 2 aromatic rings. The Bertz CT molecular complexity index is 2090. The number of cyclic esters (lactones) is 2. The molecule has 2 saturated heterocycles. The number of hydrogen-bond donors (Lipinski definition) is 2. The molecule has 5 heterocycles. The number of Topliss-reactive ketones (excluding diaryl/α,β-unsaturated/α-hetero) is 2. The van der Waals surface area contributed by atoms with Gasteiger partial charge in [-0.3, -0.25) is 9.59 Å². The molecule has 5 aliphatic rings. The smallest absolute Gasteiger partial charge is 0.338 e. The van der Waals surface area contributed by atoms with Gasteiger partial charge in [-0.1, -0.05) is 77.3 Å². The van der Waals surface area contributed by atoms with Crippen LogP contribution < -0.4 is 18.9 Å². The number of ketones is 2. The maximum atomic E-state index is 13.0. The summed E-state index contributed by atoms with van der Waals surface area (Å²) in [6.45, 7) is 11.8. The number of aliphatic hydroxyl groups is 1. The third-order valence-electron chi connectivity index (χ3n) is 13.3. The average molecular weight is 1000 g/mol. The molecule has 0 radical (unpaired) electrons. The minimum Gasteiger partial charge on any atom is -0.486 e. The first-order valence-corrected chi connectivity index (χ1v) is 26.4. The number of rotatable bonds is 27. The molecule has 2 N–H and O–H groups in total. The van der Waals surface area contributed by atoms with E-state index in [4.69, 9.17) is 28.8 Å². The van der Waals surface area contributed by atoms with Crippen molar-refractivity contribution in [1.82, 2.24) is 9.80 Å². The fourth-order valence-corrected chi connectivity index (χ4v) is 9.57. The van der Waals surface area contributed by atoms with Crippen LogP contribution in [-0.4, -0.2) is 121 Å². The van der Waals surface area contributed by atoms with Crippen LogP contribution in [0.2, 0.25) is 0 Å². The average Bonchev–Trinajstić information content (AvgIpc) is 4.19. The van der Waals surface area contributed by atoms with Crippen molar-refractivity contribution >= 4 is 35.4 Å². The fraction of sp³-hybridized carbons (Fsp3) is 0.607. The van der Waals surface area contributed by atoms with Crippen molar-refractivity contribution in [3.8, 4) is 23.0 Å². The first-order valence-electron chi connectivity index (χ1n) is 26.4. The van der Waals surface area contributed by atoms with Crippen molar-refractivity contribution in [2.45, 2.75) is 142 Å². The second-order valence-electron chi connectivity index (χ2n) is 19.2. The highest BCUT2D eigenvalue weighted by Gasteiger charge is 2.33. The van der Waals surface area contributed by atoms with Gasteiger partial charge in [0.25, 0.3) is 0 Å². The van der Waals surface area contributed by atoms with Crippen LogP contribution in [0.1, 0.15) is 153 Å². The zero-order valence-corrected chi connectivity index (χ0v) is 42.6. The Kier molecular flexibility index (Phi) is 25.3. The van der Waals surface area contributed by atoms with Crippen LogP contribution in [0.5, 0.6) is 23.0 Å². The number of hydrogen-bond acceptors (Lipinski definition) is 15. The molecule has 2 aromatic carbocycles. The van der Waals surface area contributed by atoms with E-state index in [-0.39, 0.29) is 23.4 Å². The largest absolute Gasteiger partial charge is 0.486 e. The lowest BCUT2D eigenvalue weighted by Gasteiger charge is -2.31. The normalized spacial score (nSPS) is 17.8. The maximum Gasteiger partial charge on any atom is 0.338 e. The lowest BCUT2D eigenvalue weighted by Crippen LogP contribution is -2.33. The summed E-state index contributed by atoms with van der Waals surface area (Å²) < 4.78 is 32.5. The van der Waals surface area contributed by atoms with E-state index in [0.29, 0.717) is 81.5 Å². The van der Waals surface area contributed by atoms with Gasteiger partial charge < -0.3 is 48.4 Å². The second kappa shape index (κ2) is 31.8. The third-order valence-corrected chi connectivity index (χ3v) is 13.3. The van der Waals surface area contributed by atoms with Crippen molar-refractivity contribution in [1.29, 1.82) is 0 Å². The van der Waals surface area contributed by atoms with Gasteiger partial charge >= 0.3 is 23.9 Å². The number of esters is 3. The Hall–Kier alpha value is -5.58. The molecule has 0 unspecified atom stereocenters. The Labute approximate surface area is 425 Å². The Morgan fingerprint density at radius 3 is 1.51 bits per heavy atom. The maximum absolute atomic E-state index is 13.0. The minimum atomic E-state index is -1.23. The van der Waals surface area contributed by atoms with Gasteiger partial charge in [0.15, 0.2) is 23.0 Å². The predicted molar refractivity (Wildman–Crippen MR) is 270 cm³/mol. The second-order valence-corrected chi connectivity index (χ2v) is 19.2. The van der Waals surface area contributed by atoms with Gasteiger partial charge in [0.2, 0.25) is 0 Å². The Morgan fingerprint density at radius 1 is 0.597 bits per heavy atom. The summed E-state index contributed by atoms with van der Waals surface area (Å²) in [5, 5.41) is 20.1. The Balaban J connectivity index is 0.000000239. The van der Waals surface area contributed by atoms with Gasteiger partial charge in [0.05, 0.1) is 6.10 Å². The molecule has 5 aliphatic heterocycles. The number of fused-ring (bicyclic) bond motifs is 2. The van der Waals surface area contributed by atoms with Crippen molar-refractivity contribution in [3.63, 3.8) is 0 Å². The van der Waals surface area contributed by atoms with E-state index in [2.05, 4.69) is 28.4 Å². The molecule has 2 fully saturated rings. The minimum absolute atomic E-state index is 0.0844. The lowest BCUT2D eigenvalue weighted by molar-refractivity contribution is -0.150. The molecule has 4 atom stereocenters. The number of aliphatic hydroxyl groups excluding tert-OH is 1. The van der Waals surface area contributed by atoms with Crippen LogP contribution in [0.25, 0.3) is 0 Å². The van der Waals surface area contributed by atoms with Gasteiger partial charge in [0, 0.05) is 74.9 Å². The van der Waals surface area contributed by atoms with E-state index in [9.17, 15) is 33.9 Å². The number of ether oxygens (including phenoxy) is 6. The van der Waals surface area contributed by atoms with Gasteiger partial charge in [-0.25, -0.2) is 19.2 Å². The molecule has 0 spiro atoms. The summed E-state index contributed by atoms with van der Waals surface area (Å²) in [4.78, 5) is 73.7. The highest BCUT2D eigenvalue weighted by atomic mass is 16.6. The van der Waals surface area contributed by atoms with Crippen LogP contribution in [0.15, 0.2) is 60.7 Å². The summed E-state index contributed by atoms with van der Waals surface area (Å²) in [6.07, 6.45) is 20.1. The first kappa shape index (κ1) is 57.3. The summed E-state index contributed by atoms with van der Waals surface area (Å²) in [6, 6.07) is 11.1. The number of carboxylic acid groups (broad SMARTS) is 1. The molecule has 0 saturated carbocycles. The number of carbonyl (C=O) groups is 6. The molecule has 0 aliphatic carbocycles. The number of unbranched alkanes of at least 4 members (excludes halogenated alkanes) is 8. The van der Waals surface area contributed by atoms with Gasteiger partial charge in [-0.2, -0.15) is 0 Å². The lowest BCUT2D eigenvalue weighted by atomic mass is 9.89. The zero-order chi connectivity index (χ0) is 51.5. The van der Waals surface area contributed by atoms with Crippen molar-refractivity contribution in [2.24, 2.45) is 11.8 Å². The number of nitrogens with zero attached hydrogens (tertiary/aromatic N) is 2. The molecular weight excluding hydrogens is 925 g/mol. The molecule has 0 amide bonds. The fourth-order valence-electron chi connectivity index (χ4n) is 9.57. The quantitative estimate of drug-likeness (QED) is 0.0371. The molecule has 0 bridgehead atoms. The summed E-state index contributed by atoms with van der Waals surface area (Å²) >= 11 is 0. The monoisotopic (exact) mass is 1000 g/mol. The van der Waals surface area contributed by atoms with Crippen molar-refractivity contribution in [2.75, 3.05) is 65.7 Å². The summed E-state index contributed by atoms with van der Waals surface area (Å²) in [5.74, 6) is -0.433. The van der Waals surface area contributed by atoms with Gasteiger partial charge in [-0.15, -0.1) is 0 Å². The number of carboxylic acids is 1. The van der Waals surface area contributed by atoms with Crippen LogP contribution in [0.3, 0.4) is 0 Å². The number of carbonyl (C=O) groups excluding carboxylic acids is 5. The Morgan fingerprint density at radius 2 is 1.04 bits per heavy atom. The van der Waals surface area contributed by atoms with Gasteiger partial charge in [-0.05, 0) is 100 Å². The molecule has 16 heteroatoms. The highest BCUT2D eigenvalue weighted by Crippen LogP contribution is 2.39. The molecule has 0 aromatic heterocycles. The number of likely N-dealkylation sites (tertiary alicyclic amines) is 2. The van der Waals surface area contributed by atoms with E-state index in [1.807, 2.05) is 24.3 Å². The van der Waals surface area contributed by atoms with Gasteiger partial charge in [0.1, 0.15) is 44.1 Å². The van der Waals surface area contributed by atoms with E-state index in [1.54, 1.807) is 12.1 Å². The SMILES string of the molecule is CCCCCCCC(=O)C[C@H](CN1CCCC1)[C@H](O)c1ccc2c(c1)OCCO2.CCCCCCCC(=O)C[C@H](CN1CCCC1)[C@H](OC(=O)/C=C/C(=O)O)c1ccc2c(c1)OCCO2.O=C1C=CC(=O)O1. The van der Waals surface area contributed by atoms with Crippen LogP contribution in [0.4, 0.5) is 0 Å². The van der Waals surface area contributed by atoms with Crippen molar-refractivity contribution in [3.05, 3.63) is 71.8 Å². The van der Waals surface area contributed by atoms with Crippen LogP contribution in [0, 0.1) is 11.8 Å². The summed E-state index contributed by atoms with van der Waals surface area (Å²) in [5.41, 5.74) is 1.52. The van der Waals surface area contributed by atoms with Crippen LogP contribution in [-0.2, 0) is 38.2 Å². The number of benzene rings is 2. The molecule has 16 nitrogen and oxygen atoms in total. The first-order chi connectivity index (χ1) is 34.9. The molecular formula is C56H78N2O14. The molecule has 7 rings (SSSR count). The zero-order valence-electron chi connectivity index (χ0n) is 42.6. The van der Waals surface area contributed by atoms with E-state index >= 15 is 0 Å². The number of aliphatic carboxylic acids is 1. The van der Waals surface area contributed by atoms with E-state index in [1.165, 1.54) is 38.5 Å². The molecule has 72 heavy (non-hydrogen) atoms.